The summed E-state index contributed by atoms with van der Waals surface area (Å²) in [7, 11) is 0. The van der Waals surface area contributed by atoms with Gasteiger partial charge in [-0.15, -0.1) is 0 Å². The van der Waals surface area contributed by atoms with Crippen LogP contribution in [0.1, 0.15) is 37.0 Å². The number of rotatable bonds is 4. The van der Waals surface area contributed by atoms with Crippen molar-refractivity contribution in [1.29, 1.82) is 0 Å². The number of benzene rings is 1. The molecule has 0 N–H and O–H groups in total. The Morgan fingerprint density at radius 2 is 1.76 bits per heavy atom. The van der Waals surface area contributed by atoms with Crippen molar-refractivity contribution in [2.75, 3.05) is 10.7 Å². The molecular weight excluding hydrogens is 340 g/mol. The SMILES string of the molecule is CCC1=Cc2cccc(CC)c2C1(CBr)CBr. The van der Waals surface area contributed by atoms with Crippen LogP contribution in [0.25, 0.3) is 6.08 Å². The lowest BCUT2D eigenvalue weighted by Gasteiger charge is -2.31. The molecule has 0 heterocycles. The lowest BCUT2D eigenvalue weighted by atomic mass is 9.77. The zero-order chi connectivity index (χ0) is 12.5. The molecule has 0 saturated carbocycles. The monoisotopic (exact) mass is 356 g/mol. The van der Waals surface area contributed by atoms with E-state index in [0.717, 1.165) is 23.5 Å². The maximum atomic E-state index is 3.74. The molecule has 0 amide bonds. The van der Waals surface area contributed by atoms with Gasteiger partial charge in [0, 0.05) is 16.1 Å². The highest BCUT2D eigenvalue weighted by molar-refractivity contribution is 9.09. The van der Waals surface area contributed by atoms with E-state index < -0.39 is 0 Å². The summed E-state index contributed by atoms with van der Waals surface area (Å²) in [4.78, 5) is 0. The molecule has 0 unspecified atom stereocenters. The Labute approximate surface area is 121 Å². The van der Waals surface area contributed by atoms with E-state index >= 15 is 0 Å². The average Bonchev–Trinajstić information content (AvgIpc) is 2.72. The molecule has 1 aromatic rings. The number of hydrogen-bond acceptors (Lipinski definition) is 0. The van der Waals surface area contributed by atoms with Crippen LogP contribution < -0.4 is 0 Å². The molecule has 17 heavy (non-hydrogen) atoms. The van der Waals surface area contributed by atoms with Crippen molar-refractivity contribution in [3.63, 3.8) is 0 Å². The molecule has 2 heteroatoms. The smallest absolute Gasteiger partial charge is 0.0367 e. The minimum Gasteiger partial charge on any atom is -0.0915 e. The molecule has 92 valence electrons. The largest absolute Gasteiger partial charge is 0.0915 e. The molecule has 0 radical (unpaired) electrons. The van der Waals surface area contributed by atoms with Gasteiger partial charge in [0.15, 0.2) is 0 Å². The van der Waals surface area contributed by atoms with Gasteiger partial charge in [0.25, 0.3) is 0 Å². The molecule has 0 atom stereocenters. The van der Waals surface area contributed by atoms with Gasteiger partial charge in [0.1, 0.15) is 0 Å². The van der Waals surface area contributed by atoms with Crippen LogP contribution in [0.15, 0.2) is 23.8 Å². The van der Waals surface area contributed by atoms with Gasteiger partial charge in [0.2, 0.25) is 0 Å². The van der Waals surface area contributed by atoms with Gasteiger partial charge in [-0.25, -0.2) is 0 Å². The van der Waals surface area contributed by atoms with Crippen LogP contribution in [0, 0.1) is 0 Å². The summed E-state index contributed by atoms with van der Waals surface area (Å²) < 4.78 is 0. The number of halogens is 2. The summed E-state index contributed by atoms with van der Waals surface area (Å²) in [5.41, 5.74) is 6.15. The van der Waals surface area contributed by atoms with Gasteiger partial charge in [-0.1, -0.05) is 75.6 Å². The molecular formula is C15H18Br2. The number of hydrogen-bond donors (Lipinski definition) is 0. The fourth-order valence-corrected chi connectivity index (χ4v) is 5.10. The van der Waals surface area contributed by atoms with Crippen molar-refractivity contribution in [2.45, 2.75) is 32.1 Å². The number of alkyl halides is 2. The van der Waals surface area contributed by atoms with Crippen LogP contribution in [0.2, 0.25) is 0 Å². The zero-order valence-electron chi connectivity index (χ0n) is 10.4. The van der Waals surface area contributed by atoms with E-state index in [0.29, 0.717) is 0 Å². The summed E-state index contributed by atoms with van der Waals surface area (Å²) >= 11 is 7.47. The van der Waals surface area contributed by atoms with E-state index in [1.54, 1.807) is 5.57 Å². The van der Waals surface area contributed by atoms with Crippen LogP contribution in [0.5, 0.6) is 0 Å². The number of aryl methyl sites for hydroxylation is 1. The quantitative estimate of drug-likeness (QED) is 0.659. The van der Waals surface area contributed by atoms with Gasteiger partial charge < -0.3 is 0 Å². The fourth-order valence-electron chi connectivity index (χ4n) is 2.89. The maximum absolute atomic E-state index is 3.74. The normalized spacial score (nSPS) is 16.8. The lowest BCUT2D eigenvalue weighted by Crippen LogP contribution is -2.31. The summed E-state index contributed by atoms with van der Waals surface area (Å²) in [6.45, 7) is 4.50. The van der Waals surface area contributed by atoms with Gasteiger partial charge in [-0.3, -0.25) is 0 Å². The summed E-state index contributed by atoms with van der Waals surface area (Å²) in [5, 5.41) is 1.99. The van der Waals surface area contributed by atoms with E-state index in [4.69, 9.17) is 0 Å². The molecule has 0 saturated heterocycles. The summed E-state index contributed by atoms with van der Waals surface area (Å²) in [6, 6.07) is 6.70. The molecule has 0 aromatic heterocycles. The predicted molar refractivity (Wildman–Crippen MR) is 83.4 cm³/mol. The first-order valence-electron chi connectivity index (χ1n) is 6.18. The molecule has 0 aliphatic heterocycles. The first-order valence-corrected chi connectivity index (χ1v) is 8.43. The second-order valence-electron chi connectivity index (χ2n) is 4.61. The van der Waals surface area contributed by atoms with Crippen molar-refractivity contribution in [3.05, 3.63) is 40.5 Å². The van der Waals surface area contributed by atoms with E-state index in [2.05, 4.69) is 70.0 Å². The van der Waals surface area contributed by atoms with Crippen molar-refractivity contribution < 1.29 is 0 Å². The summed E-state index contributed by atoms with van der Waals surface area (Å²) in [5.74, 6) is 0. The van der Waals surface area contributed by atoms with Gasteiger partial charge in [-0.2, -0.15) is 0 Å². The highest BCUT2D eigenvalue weighted by Crippen LogP contribution is 2.47. The van der Waals surface area contributed by atoms with Crippen LogP contribution in [-0.2, 0) is 11.8 Å². The Hall–Kier alpha value is -0.0800. The number of fused-ring (bicyclic) bond motifs is 1. The Bertz CT molecular complexity index is 442. The third-order valence-corrected chi connectivity index (χ3v) is 5.74. The molecule has 1 aliphatic carbocycles. The van der Waals surface area contributed by atoms with Crippen molar-refractivity contribution >= 4 is 37.9 Å². The van der Waals surface area contributed by atoms with Crippen molar-refractivity contribution in [2.24, 2.45) is 0 Å². The Morgan fingerprint density at radius 1 is 1.06 bits per heavy atom. The highest BCUT2D eigenvalue weighted by atomic mass is 79.9. The van der Waals surface area contributed by atoms with Crippen LogP contribution in [0.3, 0.4) is 0 Å². The minimum absolute atomic E-state index is 0.163. The van der Waals surface area contributed by atoms with E-state index in [-0.39, 0.29) is 5.41 Å². The minimum atomic E-state index is 0.163. The molecule has 1 aliphatic rings. The number of allylic oxidation sites excluding steroid dienone is 1. The van der Waals surface area contributed by atoms with Crippen molar-refractivity contribution in [1.82, 2.24) is 0 Å². The van der Waals surface area contributed by atoms with E-state index in [1.807, 2.05) is 0 Å². The van der Waals surface area contributed by atoms with Crippen LogP contribution in [0.4, 0.5) is 0 Å². The molecule has 0 nitrogen and oxygen atoms in total. The standard InChI is InChI=1S/C15H18Br2/c1-3-11-6-5-7-12-8-13(4-2)15(9-16,10-17)14(11)12/h5-8H,3-4,9-10H2,1-2H3. The predicted octanol–water partition coefficient (Wildman–Crippen LogP) is 5.08. The second-order valence-corrected chi connectivity index (χ2v) is 5.73. The van der Waals surface area contributed by atoms with E-state index in [1.165, 1.54) is 16.7 Å². The first kappa shape index (κ1) is 13.4. The maximum Gasteiger partial charge on any atom is 0.0367 e. The van der Waals surface area contributed by atoms with Gasteiger partial charge in [-0.05, 0) is 29.5 Å². The van der Waals surface area contributed by atoms with Crippen LogP contribution in [-0.4, -0.2) is 10.7 Å². The molecule has 0 spiro atoms. The zero-order valence-corrected chi connectivity index (χ0v) is 13.6. The van der Waals surface area contributed by atoms with Crippen LogP contribution >= 0.6 is 31.9 Å². The average molecular weight is 358 g/mol. The molecule has 0 fully saturated rings. The third kappa shape index (κ3) is 1.94. The molecule has 0 bridgehead atoms. The Morgan fingerprint density at radius 3 is 2.29 bits per heavy atom. The van der Waals surface area contributed by atoms with Gasteiger partial charge >= 0.3 is 0 Å². The molecule has 2 rings (SSSR count). The van der Waals surface area contributed by atoms with Crippen molar-refractivity contribution in [3.8, 4) is 0 Å². The molecule has 1 aromatic carbocycles. The second kappa shape index (κ2) is 5.27. The highest BCUT2D eigenvalue weighted by Gasteiger charge is 2.40. The summed E-state index contributed by atoms with van der Waals surface area (Å²) in [6.07, 6.45) is 4.61. The first-order chi connectivity index (χ1) is 8.23. The third-order valence-electron chi connectivity index (χ3n) is 3.82. The van der Waals surface area contributed by atoms with Gasteiger partial charge in [0.05, 0.1) is 0 Å². The topological polar surface area (TPSA) is 0 Å². The lowest BCUT2D eigenvalue weighted by molar-refractivity contribution is 0.642. The fraction of sp³-hybridized carbons (Fsp3) is 0.467. The Balaban J connectivity index is 2.66. The van der Waals surface area contributed by atoms with E-state index in [9.17, 15) is 0 Å². The Kier molecular flexibility index (Phi) is 4.14.